The fraction of sp³-hybridized carbons (Fsp3) is 0.600. The monoisotopic (exact) mass is 266 g/mol. The zero-order chi connectivity index (χ0) is 13.9. The molecular formula is C15H23FN2O. The van der Waals surface area contributed by atoms with Crippen molar-refractivity contribution in [1.82, 2.24) is 4.90 Å². The van der Waals surface area contributed by atoms with Crippen molar-refractivity contribution in [3.8, 4) is 5.75 Å². The van der Waals surface area contributed by atoms with E-state index in [0.717, 1.165) is 38.0 Å². The zero-order valence-corrected chi connectivity index (χ0v) is 11.8. The molecule has 4 heteroatoms. The highest BCUT2D eigenvalue weighted by Gasteiger charge is 2.28. The second-order valence-electron chi connectivity index (χ2n) is 5.75. The SMILES string of the molecule is COc1ccc(CN2CCC(C)(CN)CC2)c(F)c1. The molecule has 0 unspecified atom stereocenters. The van der Waals surface area contributed by atoms with Crippen molar-refractivity contribution < 1.29 is 9.13 Å². The Labute approximate surface area is 114 Å². The Kier molecular flexibility index (Phi) is 4.42. The van der Waals surface area contributed by atoms with Crippen molar-refractivity contribution in [2.24, 2.45) is 11.1 Å². The number of piperidine rings is 1. The average Bonchev–Trinajstić information content (AvgIpc) is 2.43. The van der Waals surface area contributed by atoms with Gasteiger partial charge in [-0.3, -0.25) is 4.90 Å². The third kappa shape index (κ3) is 3.45. The molecule has 0 bridgehead atoms. The summed E-state index contributed by atoms with van der Waals surface area (Å²) in [5.74, 6) is 0.377. The van der Waals surface area contributed by atoms with Crippen LogP contribution in [-0.4, -0.2) is 31.6 Å². The molecule has 1 heterocycles. The van der Waals surface area contributed by atoms with Gasteiger partial charge in [0.1, 0.15) is 11.6 Å². The first-order chi connectivity index (χ1) is 9.06. The number of methoxy groups -OCH3 is 1. The molecule has 0 radical (unpaired) electrons. The fourth-order valence-corrected chi connectivity index (χ4v) is 2.48. The molecule has 1 aromatic carbocycles. The third-order valence-electron chi connectivity index (χ3n) is 4.21. The number of nitrogens with zero attached hydrogens (tertiary/aromatic N) is 1. The van der Waals surface area contributed by atoms with Crippen LogP contribution in [-0.2, 0) is 6.54 Å². The summed E-state index contributed by atoms with van der Waals surface area (Å²) in [4.78, 5) is 2.29. The molecule has 0 aliphatic carbocycles. The molecule has 106 valence electrons. The van der Waals surface area contributed by atoms with Crippen LogP contribution >= 0.6 is 0 Å². The second kappa shape index (κ2) is 5.88. The molecular weight excluding hydrogens is 243 g/mol. The van der Waals surface area contributed by atoms with Crippen LogP contribution in [0.1, 0.15) is 25.3 Å². The molecule has 1 fully saturated rings. The Morgan fingerprint density at radius 1 is 1.37 bits per heavy atom. The molecule has 0 spiro atoms. The van der Waals surface area contributed by atoms with Gasteiger partial charge < -0.3 is 10.5 Å². The molecule has 19 heavy (non-hydrogen) atoms. The van der Waals surface area contributed by atoms with E-state index in [-0.39, 0.29) is 11.2 Å². The highest BCUT2D eigenvalue weighted by Crippen LogP contribution is 2.30. The highest BCUT2D eigenvalue weighted by molar-refractivity contribution is 5.28. The van der Waals surface area contributed by atoms with E-state index in [9.17, 15) is 4.39 Å². The number of halogens is 1. The van der Waals surface area contributed by atoms with Gasteiger partial charge in [0.15, 0.2) is 0 Å². The molecule has 0 atom stereocenters. The smallest absolute Gasteiger partial charge is 0.131 e. The molecule has 1 aliphatic heterocycles. The summed E-state index contributed by atoms with van der Waals surface area (Å²) in [5.41, 5.74) is 6.79. The van der Waals surface area contributed by atoms with Crippen LogP contribution in [0.5, 0.6) is 5.75 Å². The number of hydrogen-bond donors (Lipinski definition) is 1. The van der Waals surface area contributed by atoms with Crippen molar-refractivity contribution in [3.63, 3.8) is 0 Å². The van der Waals surface area contributed by atoms with Gasteiger partial charge in [-0.15, -0.1) is 0 Å². The number of rotatable bonds is 4. The van der Waals surface area contributed by atoms with Crippen LogP contribution in [0, 0.1) is 11.2 Å². The summed E-state index contributed by atoms with van der Waals surface area (Å²) < 4.78 is 18.9. The summed E-state index contributed by atoms with van der Waals surface area (Å²) >= 11 is 0. The van der Waals surface area contributed by atoms with Crippen molar-refractivity contribution in [2.45, 2.75) is 26.3 Å². The number of ether oxygens (including phenoxy) is 1. The number of likely N-dealkylation sites (tertiary alicyclic amines) is 1. The van der Waals surface area contributed by atoms with E-state index in [2.05, 4.69) is 11.8 Å². The minimum absolute atomic E-state index is 0.188. The van der Waals surface area contributed by atoms with E-state index in [1.807, 2.05) is 12.1 Å². The number of nitrogens with two attached hydrogens (primary N) is 1. The van der Waals surface area contributed by atoms with Crippen molar-refractivity contribution in [1.29, 1.82) is 0 Å². The molecule has 3 nitrogen and oxygen atoms in total. The minimum Gasteiger partial charge on any atom is -0.497 e. The van der Waals surface area contributed by atoms with Gasteiger partial charge in [0.2, 0.25) is 0 Å². The Bertz CT molecular complexity index is 428. The van der Waals surface area contributed by atoms with Gasteiger partial charge in [0.05, 0.1) is 7.11 Å². The van der Waals surface area contributed by atoms with E-state index in [1.54, 1.807) is 7.11 Å². The second-order valence-corrected chi connectivity index (χ2v) is 5.75. The van der Waals surface area contributed by atoms with Crippen LogP contribution in [0.15, 0.2) is 18.2 Å². The predicted molar refractivity (Wildman–Crippen MR) is 74.6 cm³/mol. The van der Waals surface area contributed by atoms with E-state index in [0.29, 0.717) is 12.3 Å². The maximum absolute atomic E-state index is 13.9. The first kappa shape index (κ1) is 14.3. The van der Waals surface area contributed by atoms with Gasteiger partial charge in [0.25, 0.3) is 0 Å². The van der Waals surface area contributed by atoms with E-state index < -0.39 is 0 Å². The fourth-order valence-electron chi connectivity index (χ4n) is 2.48. The normalized spacial score (nSPS) is 19.4. The van der Waals surface area contributed by atoms with Crippen LogP contribution in [0.25, 0.3) is 0 Å². The Morgan fingerprint density at radius 2 is 2.05 bits per heavy atom. The number of hydrogen-bond acceptors (Lipinski definition) is 3. The topological polar surface area (TPSA) is 38.5 Å². The molecule has 0 amide bonds. The maximum Gasteiger partial charge on any atom is 0.131 e. The quantitative estimate of drug-likeness (QED) is 0.909. The Balaban J connectivity index is 1.96. The minimum atomic E-state index is -0.188. The Hall–Kier alpha value is -1.13. The van der Waals surface area contributed by atoms with Crippen LogP contribution in [0.2, 0.25) is 0 Å². The van der Waals surface area contributed by atoms with Crippen LogP contribution in [0.3, 0.4) is 0 Å². The third-order valence-corrected chi connectivity index (χ3v) is 4.21. The van der Waals surface area contributed by atoms with E-state index in [1.165, 1.54) is 6.07 Å². The van der Waals surface area contributed by atoms with Crippen molar-refractivity contribution in [3.05, 3.63) is 29.6 Å². The molecule has 0 aromatic heterocycles. The highest BCUT2D eigenvalue weighted by atomic mass is 19.1. The maximum atomic E-state index is 13.9. The summed E-state index contributed by atoms with van der Waals surface area (Å²) in [6.45, 7) is 5.60. The lowest BCUT2D eigenvalue weighted by Gasteiger charge is -2.38. The molecule has 0 saturated carbocycles. The lowest BCUT2D eigenvalue weighted by atomic mass is 9.80. The van der Waals surface area contributed by atoms with Gasteiger partial charge in [-0.05, 0) is 44.0 Å². The summed E-state index contributed by atoms with van der Waals surface area (Å²) in [6, 6.07) is 5.07. The lowest BCUT2D eigenvalue weighted by molar-refractivity contribution is 0.118. The summed E-state index contributed by atoms with van der Waals surface area (Å²) in [5, 5.41) is 0. The van der Waals surface area contributed by atoms with E-state index in [4.69, 9.17) is 10.5 Å². The molecule has 1 aliphatic rings. The molecule has 1 aromatic rings. The van der Waals surface area contributed by atoms with Crippen LogP contribution < -0.4 is 10.5 Å². The van der Waals surface area contributed by atoms with Gasteiger partial charge >= 0.3 is 0 Å². The first-order valence-electron chi connectivity index (χ1n) is 6.81. The predicted octanol–water partition coefficient (Wildman–Crippen LogP) is 2.40. The largest absolute Gasteiger partial charge is 0.497 e. The Morgan fingerprint density at radius 3 is 2.58 bits per heavy atom. The van der Waals surface area contributed by atoms with Gasteiger partial charge in [-0.2, -0.15) is 0 Å². The summed E-state index contributed by atoms with van der Waals surface area (Å²) in [6.07, 6.45) is 2.17. The van der Waals surface area contributed by atoms with Crippen molar-refractivity contribution >= 4 is 0 Å². The van der Waals surface area contributed by atoms with Gasteiger partial charge in [-0.25, -0.2) is 4.39 Å². The molecule has 2 N–H and O–H groups in total. The van der Waals surface area contributed by atoms with E-state index >= 15 is 0 Å². The number of benzene rings is 1. The average molecular weight is 266 g/mol. The zero-order valence-electron chi connectivity index (χ0n) is 11.8. The first-order valence-corrected chi connectivity index (χ1v) is 6.81. The molecule has 2 rings (SSSR count). The standard InChI is InChI=1S/C15H23FN2O/c1-15(11-17)5-7-18(8-6-15)10-12-3-4-13(19-2)9-14(12)16/h3-4,9H,5-8,10-11,17H2,1-2H3. The van der Waals surface area contributed by atoms with Crippen LogP contribution in [0.4, 0.5) is 4.39 Å². The van der Waals surface area contributed by atoms with Gasteiger partial charge in [-0.1, -0.05) is 13.0 Å². The van der Waals surface area contributed by atoms with Gasteiger partial charge in [0, 0.05) is 18.2 Å². The molecule has 1 saturated heterocycles. The summed E-state index contributed by atoms with van der Waals surface area (Å²) in [7, 11) is 1.55. The van der Waals surface area contributed by atoms with Crippen molar-refractivity contribution in [2.75, 3.05) is 26.7 Å². The lowest BCUT2D eigenvalue weighted by Crippen LogP contribution is -2.41.